The van der Waals surface area contributed by atoms with Gasteiger partial charge >= 0.3 is 6.09 Å². The van der Waals surface area contributed by atoms with Crippen LogP contribution in [-0.4, -0.2) is 34.9 Å². The van der Waals surface area contributed by atoms with Crippen LogP contribution in [0.3, 0.4) is 0 Å². The molecular formula is C13H15N5O3. The molecule has 0 bridgehead atoms. The van der Waals surface area contributed by atoms with Crippen LogP contribution in [0.25, 0.3) is 5.69 Å². The largest absolute Gasteiger partial charge is 0.448 e. The first-order valence-corrected chi connectivity index (χ1v) is 6.18. The van der Waals surface area contributed by atoms with Crippen LogP contribution < -0.4 is 16.8 Å². The molecule has 0 aliphatic heterocycles. The first kappa shape index (κ1) is 14.4. The van der Waals surface area contributed by atoms with E-state index in [1.54, 1.807) is 35.1 Å². The van der Waals surface area contributed by atoms with Gasteiger partial charge in [-0.1, -0.05) is 6.07 Å². The number of hydrogen-bond acceptors (Lipinski definition) is 5. The number of rotatable bonds is 5. The lowest BCUT2D eigenvalue weighted by molar-refractivity contribution is 0.0931. The number of primary amides is 1. The highest BCUT2D eigenvalue weighted by Crippen LogP contribution is 2.11. The summed E-state index contributed by atoms with van der Waals surface area (Å²) in [6.07, 6.45) is 0.777. The minimum atomic E-state index is -0.879. The molecule has 0 spiro atoms. The summed E-state index contributed by atoms with van der Waals surface area (Å²) in [6.45, 7) is 0.171. The molecule has 110 valence electrons. The van der Waals surface area contributed by atoms with Gasteiger partial charge in [-0.3, -0.25) is 4.79 Å². The Morgan fingerprint density at radius 3 is 2.86 bits per heavy atom. The predicted molar refractivity (Wildman–Crippen MR) is 75.8 cm³/mol. The van der Waals surface area contributed by atoms with E-state index in [-0.39, 0.29) is 24.8 Å². The number of carbonyl (C=O) groups is 2. The Kier molecular flexibility index (Phi) is 4.39. The molecule has 0 unspecified atom stereocenters. The van der Waals surface area contributed by atoms with Gasteiger partial charge in [0.1, 0.15) is 6.61 Å². The van der Waals surface area contributed by atoms with Crippen molar-refractivity contribution in [3.63, 3.8) is 0 Å². The summed E-state index contributed by atoms with van der Waals surface area (Å²) >= 11 is 0. The monoisotopic (exact) mass is 289 g/mol. The molecule has 1 aromatic heterocycles. The number of anilines is 1. The fourth-order valence-electron chi connectivity index (χ4n) is 1.66. The van der Waals surface area contributed by atoms with Crippen molar-refractivity contribution in [1.82, 2.24) is 15.1 Å². The van der Waals surface area contributed by atoms with Crippen LogP contribution in [-0.2, 0) is 4.74 Å². The number of aromatic nitrogens is 2. The zero-order valence-electron chi connectivity index (χ0n) is 11.2. The summed E-state index contributed by atoms with van der Waals surface area (Å²) in [7, 11) is 0. The number of benzene rings is 1. The number of nitrogens with zero attached hydrogens (tertiary/aromatic N) is 2. The summed E-state index contributed by atoms with van der Waals surface area (Å²) in [4.78, 5) is 22.2. The van der Waals surface area contributed by atoms with Gasteiger partial charge in [-0.25, -0.2) is 9.48 Å². The van der Waals surface area contributed by atoms with Gasteiger partial charge in [-0.15, -0.1) is 0 Å². The molecule has 1 heterocycles. The molecule has 2 amide bonds. The second-order valence-electron chi connectivity index (χ2n) is 4.16. The Labute approximate surface area is 120 Å². The van der Waals surface area contributed by atoms with Crippen LogP contribution in [0.4, 0.5) is 10.5 Å². The number of nitrogens with two attached hydrogens (primary N) is 2. The smallest absolute Gasteiger partial charge is 0.404 e. The molecule has 0 radical (unpaired) electrons. The van der Waals surface area contributed by atoms with E-state index < -0.39 is 6.09 Å². The van der Waals surface area contributed by atoms with Gasteiger partial charge in [0.2, 0.25) is 0 Å². The van der Waals surface area contributed by atoms with Gasteiger partial charge in [0, 0.05) is 11.9 Å². The van der Waals surface area contributed by atoms with Gasteiger partial charge in [0.15, 0.2) is 5.69 Å². The highest BCUT2D eigenvalue weighted by molar-refractivity contribution is 5.92. The third-order valence-electron chi connectivity index (χ3n) is 2.59. The van der Waals surface area contributed by atoms with Crippen LogP contribution in [0.5, 0.6) is 0 Å². The van der Waals surface area contributed by atoms with Crippen molar-refractivity contribution in [3.05, 3.63) is 42.2 Å². The molecular weight excluding hydrogens is 274 g/mol. The lowest BCUT2D eigenvalue weighted by atomic mass is 10.3. The molecule has 5 N–H and O–H groups in total. The number of ether oxygens (including phenoxy) is 1. The number of carbonyl (C=O) groups excluding carboxylic acids is 2. The van der Waals surface area contributed by atoms with Crippen LogP contribution >= 0.6 is 0 Å². The van der Waals surface area contributed by atoms with Crippen molar-refractivity contribution in [3.8, 4) is 5.69 Å². The number of hydrogen-bond donors (Lipinski definition) is 3. The van der Waals surface area contributed by atoms with E-state index in [9.17, 15) is 9.59 Å². The lowest BCUT2D eigenvalue weighted by Crippen LogP contribution is -2.29. The highest BCUT2D eigenvalue weighted by atomic mass is 16.5. The second-order valence-corrected chi connectivity index (χ2v) is 4.16. The molecule has 0 saturated heterocycles. The summed E-state index contributed by atoms with van der Waals surface area (Å²) in [6, 6.07) is 8.71. The molecule has 0 atom stereocenters. The average Bonchev–Trinajstić information content (AvgIpc) is 2.93. The zero-order chi connectivity index (χ0) is 15.2. The van der Waals surface area contributed by atoms with Crippen molar-refractivity contribution in [2.45, 2.75) is 0 Å². The first-order chi connectivity index (χ1) is 10.1. The van der Waals surface area contributed by atoms with E-state index >= 15 is 0 Å². The van der Waals surface area contributed by atoms with Crippen LogP contribution in [0.2, 0.25) is 0 Å². The van der Waals surface area contributed by atoms with Crippen LogP contribution in [0.1, 0.15) is 10.5 Å². The number of nitrogens with one attached hydrogen (secondary N) is 1. The Morgan fingerprint density at radius 1 is 1.33 bits per heavy atom. The third-order valence-corrected chi connectivity index (χ3v) is 2.59. The molecule has 21 heavy (non-hydrogen) atoms. The van der Waals surface area contributed by atoms with E-state index in [0.29, 0.717) is 5.69 Å². The van der Waals surface area contributed by atoms with Gasteiger partial charge in [-0.2, -0.15) is 5.10 Å². The van der Waals surface area contributed by atoms with E-state index in [0.717, 1.165) is 5.69 Å². The van der Waals surface area contributed by atoms with Crippen molar-refractivity contribution >= 4 is 17.7 Å². The Hall–Kier alpha value is -3.03. The average molecular weight is 289 g/mol. The molecule has 0 aliphatic carbocycles. The molecule has 0 fully saturated rings. The van der Waals surface area contributed by atoms with E-state index in [4.69, 9.17) is 11.5 Å². The van der Waals surface area contributed by atoms with Gasteiger partial charge in [-0.05, 0) is 24.3 Å². The van der Waals surface area contributed by atoms with Crippen molar-refractivity contribution in [1.29, 1.82) is 0 Å². The van der Waals surface area contributed by atoms with E-state index in [1.807, 2.05) is 6.07 Å². The van der Waals surface area contributed by atoms with Gasteiger partial charge in [0.25, 0.3) is 5.91 Å². The fourth-order valence-corrected chi connectivity index (χ4v) is 1.66. The van der Waals surface area contributed by atoms with Crippen molar-refractivity contribution in [2.24, 2.45) is 5.73 Å². The minimum absolute atomic E-state index is 0.0109. The summed E-state index contributed by atoms with van der Waals surface area (Å²) < 4.78 is 6.05. The Balaban J connectivity index is 1.96. The standard InChI is InChI=1S/C13H15N5O3/c14-9-2-1-3-10(8-9)18-6-4-11(17-18)12(19)16-5-7-21-13(15)20/h1-4,6,8H,5,7,14H2,(H2,15,20)(H,16,19). The van der Waals surface area contributed by atoms with Crippen LogP contribution in [0, 0.1) is 0 Å². The maximum atomic E-state index is 11.8. The van der Waals surface area contributed by atoms with Crippen molar-refractivity contribution < 1.29 is 14.3 Å². The number of amides is 2. The maximum Gasteiger partial charge on any atom is 0.404 e. The third kappa shape index (κ3) is 3.96. The fraction of sp³-hybridized carbons (Fsp3) is 0.154. The molecule has 0 aliphatic rings. The van der Waals surface area contributed by atoms with E-state index in [1.165, 1.54) is 0 Å². The highest BCUT2D eigenvalue weighted by Gasteiger charge is 2.09. The Bertz CT molecular complexity index is 653. The summed E-state index contributed by atoms with van der Waals surface area (Å²) in [5.74, 6) is -0.370. The number of nitrogen functional groups attached to an aromatic ring is 1. The summed E-state index contributed by atoms with van der Waals surface area (Å²) in [5, 5.41) is 6.71. The van der Waals surface area contributed by atoms with Crippen LogP contribution in [0.15, 0.2) is 36.5 Å². The Morgan fingerprint density at radius 2 is 2.14 bits per heavy atom. The summed E-state index contributed by atoms with van der Waals surface area (Å²) in [5.41, 5.74) is 12.1. The van der Waals surface area contributed by atoms with Gasteiger partial charge in [0.05, 0.1) is 12.2 Å². The predicted octanol–water partition coefficient (Wildman–Crippen LogP) is 0.280. The molecule has 8 heteroatoms. The quantitative estimate of drug-likeness (QED) is 0.538. The lowest BCUT2D eigenvalue weighted by Gasteiger charge is -2.04. The maximum absolute atomic E-state index is 11.8. The van der Waals surface area contributed by atoms with E-state index in [2.05, 4.69) is 15.2 Å². The molecule has 1 aromatic carbocycles. The second kappa shape index (κ2) is 6.42. The van der Waals surface area contributed by atoms with Gasteiger partial charge < -0.3 is 21.5 Å². The molecule has 0 saturated carbocycles. The normalized spacial score (nSPS) is 10.1. The SMILES string of the molecule is NC(=O)OCCNC(=O)c1ccn(-c2cccc(N)c2)n1. The zero-order valence-corrected chi connectivity index (χ0v) is 11.2. The molecule has 2 aromatic rings. The minimum Gasteiger partial charge on any atom is -0.448 e. The molecule has 8 nitrogen and oxygen atoms in total. The first-order valence-electron chi connectivity index (χ1n) is 6.18. The topological polar surface area (TPSA) is 125 Å². The van der Waals surface area contributed by atoms with Crippen molar-refractivity contribution in [2.75, 3.05) is 18.9 Å². The molecule has 2 rings (SSSR count).